The number of halogens is 2. The molecule has 1 fully saturated rings. The van der Waals surface area contributed by atoms with Gasteiger partial charge in [-0.25, -0.2) is 8.78 Å². The molecule has 96 valence electrons. The fraction of sp³-hybridized carbons (Fsp3) is 0.357. The Bertz CT molecular complexity index is 483. The summed E-state index contributed by atoms with van der Waals surface area (Å²) in [7, 11) is 0. The zero-order valence-corrected chi connectivity index (χ0v) is 10.0. The largest absolute Gasteiger partial charge is 0.361 e. The third-order valence-electron chi connectivity index (χ3n) is 3.04. The Balaban J connectivity index is 2.08. The van der Waals surface area contributed by atoms with E-state index in [2.05, 4.69) is 5.32 Å². The Kier molecular flexibility index (Phi) is 4.07. The summed E-state index contributed by atoms with van der Waals surface area (Å²) < 4.78 is 25.7. The van der Waals surface area contributed by atoms with Gasteiger partial charge in [-0.1, -0.05) is 6.42 Å². The average Bonchev–Trinajstić information content (AvgIpc) is 2.56. The van der Waals surface area contributed by atoms with Crippen molar-refractivity contribution in [2.45, 2.75) is 32.1 Å². The van der Waals surface area contributed by atoms with Gasteiger partial charge in [-0.15, -0.1) is 0 Å². The van der Waals surface area contributed by atoms with Crippen molar-refractivity contribution in [1.82, 2.24) is 0 Å². The van der Waals surface area contributed by atoms with Gasteiger partial charge in [0.25, 0.3) is 0 Å². The molecular weight excluding hydrogens is 236 g/mol. The molecule has 2 nitrogen and oxygen atoms in total. The van der Waals surface area contributed by atoms with Crippen LogP contribution < -0.4 is 5.32 Å². The maximum atomic E-state index is 13.0. The van der Waals surface area contributed by atoms with Crippen LogP contribution in [-0.2, 0) is 4.79 Å². The van der Waals surface area contributed by atoms with Gasteiger partial charge in [0, 0.05) is 29.9 Å². The standard InChI is InChI=1S/C14H15F2NO/c15-12-7-6-11(8-13(12)16)17-9-10-4-2-1-3-5-14(10)18/h6-9,17H,1-5H2/b10-9+. The van der Waals surface area contributed by atoms with Gasteiger partial charge in [0.15, 0.2) is 17.4 Å². The third kappa shape index (κ3) is 3.15. The van der Waals surface area contributed by atoms with Gasteiger partial charge < -0.3 is 5.32 Å². The number of Topliss-reactive ketones (excluding diaryl/α,β-unsaturated/α-hetero) is 1. The Morgan fingerprint density at radius 3 is 2.61 bits per heavy atom. The Morgan fingerprint density at radius 2 is 1.83 bits per heavy atom. The molecule has 1 aromatic carbocycles. The summed E-state index contributed by atoms with van der Waals surface area (Å²) in [5.41, 5.74) is 1.18. The SMILES string of the molecule is O=C1CCCCC/C1=C\Nc1ccc(F)c(F)c1. The van der Waals surface area contributed by atoms with Crippen molar-refractivity contribution in [3.05, 3.63) is 41.6 Å². The number of carbonyl (C=O) groups excluding carboxylic acids is 1. The first-order valence-electron chi connectivity index (χ1n) is 6.10. The van der Waals surface area contributed by atoms with Gasteiger partial charge in [0.1, 0.15) is 0 Å². The summed E-state index contributed by atoms with van der Waals surface area (Å²) in [5.74, 6) is -1.63. The summed E-state index contributed by atoms with van der Waals surface area (Å²) in [6, 6.07) is 3.58. The maximum absolute atomic E-state index is 13.0. The van der Waals surface area contributed by atoms with Crippen LogP contribution in [0.2, 0.25) is 0 Å². The summed E-state index contributed by atoms with van der Waals surface area (Å²) in [6.07, 6.45) is 5.92. The van der Waals surface area contributed by atoms with Gasteiger partial charge in [0.05, 0.1) is 0 Å². The lowest BCUT2D eigenvalue weighted by Crippen LogP contribution is -2.02. The molecule has 4 heteroatoms. The van der Waals surface area contributed by atoms with Crippen LogP contribution in [0.1, 0.15) is 32.1 Å². The van der Waals surface area contributed by atoms with E-state index in [1.807, 2.05) is 0 Å². The van der Waals surface area contributed by atoms with E-state index in [1.54, 1.807) is 6.20 Å². The normalized spacial score (nSPS) is 18.8. The second kappa shape index (κ2) is 5.76. The molecule has 1 N–H and O–H groups in total. The van der Waals surface area contributed by atoms with Crippen LogP contribution in [0.15, 0.2) is 30.0 Å². The smallest absolute Gasteiger partial charge is 0.160 e. The molecule has 1 aliphatic rings. The minimum Gasteiger partial charge on any atom is -0.361 e. The molecule has 1 saturated carbocycles. The zero-order valence-electron chi connectivity index (χ0n) is 10.0. The van der Waals surface area contributed by atoms with E-state index in [9.17, 15) is 13.6 Å². The number of rotatable bonds is 2. The lowest BCUT2D eigenvalue weighted by Gasteiger charge is -2.05. The van der Waals surface area contributed by atoms with E-state index in [-0.39, 0.29) is 5.78 Å². The van der Waals surface area contributed by atoms with Gasteiger partial charge in [-0.2, -0.15) is 0 Å². The zero-order chi connectivity index (χ0) is 13.0. The van der Waals surface area contributed by atoms with Crippen molar-refractivity contribution in [3.63, 3.8) is 0 Å². The van der Waals surface area contributed by atoms with Crippen molar-refractivity contribution in [1.29, 1.82) is 0 Å². The Morgan fingerprint density at radius 1 is 1.06 bits per heavy atom. The molecular formula is C14H15F2NO. The highest BCUT2D eigenvalue weighted by atomic mass is 19.2. The molecule has 0 amide bonds. The fourth-order valence-corrected chi connectivity index (χ4v) is 1.99. The van der Waals surface area contributed by atoms with Crippen molar-refractivity contribution >= 4 is 11.5 Å². The maximum Gasteiger partial charge on any atom is 0.160 e. The van der Waals surface area contributed by atoms with Crippen LogP contribution in [-0.4, -0.2) is 5.78 Å². The molecule has 2 rings (SSSR count). The highest BCUT2D eigenvalue weighted by Gasteiger charge is 2.13. The number of nitrogens with one attached hydrogen (secondary N) is 1. The number of carbonyl (C=O) groups is 1. The predicted octanol–water partition coefficient (Wildman–Crippen LogP) is 3.79. The van der Waals surface area contributed by atoms with Crippen LogP contribution in [0, 0.1) is 11.6 Å². The van der Waals surface area contributed by atoms with Gasteiger partial charge >= 0.3 is 0 Å². The van der Waals surface area contributed by atoms with Crippen molar-refractivity contribution in [2.75, 3.05) is 5.32 Å². The Labute approximate surface area is 105 Å². The van der Waals surface area contributed by atoms with E-state index >= 15 is 0 Å². The second-order valence-electron chi connectivity index (χ2n) is 4.43. The fourth-order valence-electron chi connectivity index (χ4n) is 1.99. The van der Waals surface area contributed by atoms with E-state index in [0.29, 0.717) is 12.1 Å². The van der Waals surface area contributed by atoms with Crippen LogP contribution in [0.4, 0.5) is 14.5 Å². The first kappa shape index (κ1) is 12.7. The van der Waals surface area contributed by atoms with E-state index in [0.717, 1.165) is 43.4 Å². The average molecular weight is 251 g/mol. The molecule has 18 heavy (non-hydrogen) atoms. The minimum atomic E-state index is -0.898. The number of anilines is 1. The molecule has 0 aromatic heterocycles. The third-order valence-corrected chi connectivity index (χ3v) is 3.04. The summed E-state index contributed by atoms with van der Waals surface area (Å²) >= 11 is 0. The lowest BCUT2D eigenvalue weighted by molar-refractivity contribution is -0.115. The van der Waals surface area contributed by atoms with Crippen LogP contribution >= 0.6 is 0 Å². The molecule has 0 atom stereocenters. The van der Waals surface area contributed by atoms with Gasteiger partial charge in [-0.05, 0) is 31.4 Å². The number of hydrogen-bond acceptors (Lipinski definition) is 2. The van der Waals surface area contributed by atoms with E-state index in [1.165, 1.54) is 6.07 Å². The van der Waals surface area contributed by atoms with Crippen molar-refractivity contribution < 1.29 is 13.6 Å². The monoisotopic (exact) mass is 251 g/mol. The molecule has 0 radical (unpaired) electrons. The van der Waals surface area contributed by atoms with Crippen LogP contribution in [0.5, 0.6) is 0 Å². The molecule has 0 aliphatic heterocycles. The van der Waals surface area contributed by atoms with E-state index < -0.39 is 11.6 Å². The molecule has 1 aromatic rings. The van der Waals surface area contributed by atoms with Crippen molar-refractivity contribution in [3.8, 4) is 0 Å². The quantitative estimate of drug-likeness (QED) is 0.640. The van der Waals surface area contributed by atoms with Gasteiger partial charge in [-0.3, -0.25) is 4.79 Å². The van der Waals surface area contributed by atoms with E-state index in [4.69, 9.17) is 0 Å². The Hall–Kier alpha value is -1.71. The first-order chi connectivity index (χ1) is 8.66. The van der Waals surface area contributed by atoms with Crippen molar-refractivity contribution in [2.24, 2.45) is 0 Å². The van der Waals surface area contributed by atoms with Crippen LogP contribution in [0.3, 0.4) is 0 Å². The lowest BCUT2D eigenvalue weighted by atomic mass is 10.1. The molecule has 0 heterocycles. The highest BCUT2D eigenvalue weighted by molar-refractivity contribution is 5.95. The number of benzene rings is 1. The summed E-state index contributed by atoms with van der Waals surface area (Å²) in [6.45, 7) is 0. The summed E-state index contributed by atoms with van der Waals surface area (Å²) in [5, 5.41) is 2.85. The molecule has 0 unspecified atom stereocenters. The summed E-state index contributed by atoms with van der Waals surface area (Å²) in [4.78, 5) is 11.7. The number of allylic oxidation sites excluding steroid dienone is 1. The second-order valence-corrected chi connectivity index (χ2v) is 4.43. The first-order valence-corrected chi connectivity index (χ1v) is 6.10. The number of hydrogen-bond donors (Lipinski definition) is 1. The predicted molar refractivity (Wildman–Crippen MR) is 66.2 cm³/mol. The molecule has 0 spiro atoms. The topological polar surface area (TPSA) is 29.1 Å². The number of ketones is 1. The van der Waals surface area contributed by atoms with Gasteiger partial charge in [0.2, 0.25) is 0 Å². The molecule has 0 bridgehead atoms. The molecule has 1 aliphatic carbocycles. The molecule has 0 saturated heterocycles. The highest BCUT2D eigenvalue weighted by Crippen LogP contribution is 2.20. The minimum absolute atomic E-state index is 0.141. The van der Waals surface area contributed by atoms with Crippen LogP contribution in [0.25, 0.3) is 0 Å².